The van der Waals surface area contributed by atoms with Crippen LogP contribution in [-0.4, -0.2) is 31.0 Å². The lowest BCUT2D eigenvalue weighted by Gasteiger charge is -2.07. The van der Waals surface area contributed by atoms with Crippen molar-refractivity contribution in [3.63, 3.8) is 0 Å². The summed E-state index contributed by atoms with van der Waals surface area (Å²) in [4.78, 5) is 27.4. The number of hydrazine groups is 1. The molecule has 1 aromatic heterocycles. The van der Waals surface area contributed by atoms with Crippen LogP contribution >= 0.6 is 0 Å². The normalized spacial score (nSPS) is 10.2. The van der Waals surface area contributed by atoms with Crippen molar-refractivity contribution in [2.75, 3.05) is 14.2 Å². The van der Waals surface area contributed by atoms with E-state index in [0.29, 0.717) is 22.6 Å². The van der Waals surface area contributed by atoms with E-state index in [1.54, 1.807) is 43.5 Å². The number of rotatable bonds is 5. The number of ether oxygens (including phenoxy) is 2. The highest BCUT2D eigenvalue weighted by molar-refractivity contribution is 5.97. The fraction of sp³-hybridized carbons (Fsp3) is 0.118. The minimum Gasteiger partial charge on any atom is -0.497 e. The zero-order chi connectivity index (χ0) is 17.4. The minimum atomic E-state index is -0.477. The van der Waals surface area contributed by atoms with Gasteiger partial charge in [0.1, 0.15) is 11.5 Å². The van der Waals surface area contributed by atoms with E-state index in [1.807, 2.05) is 0 Å². The van der Waals surface area contributed by atoms with Crippen LogP contribution in [0.1, 0.15) is 15.9 Å². The van der Waals surface area contributed by atoms with Crippen LogP contribution in [0.3, 0.4) is 0 Å². The van der Waals surface area contributed by atoms with Crippen LogP contribution in [0.25, 0.3) is 6.08 Å². The summed E-state index contributed by atoms with van der Waals surface area (Å²) in [5, 5.41) is 0. The number of nitrogens with one attached hydrogen (secondary N) is 2. The van der Waals surface area contributed by atoms with Gasteiger partial charge in [0, 0.05) is 35.7 Å². The standard InChI is InChI=1S/C17H17N3O4/c1-23-14-5-3-12(15(11-14)24-2)4-6-16(21)19-20-17(22)13-7-9-18-10-8-13/h3-11H,1-2H3,(H,19,21)(H,20,22)/b6-4+. The molecule has 0 fully saturated rings. The number of hydrogen-bond donors (Lipinski definition) is 2. The number of methoxy groups -OCH3 is 2. The number of hydrogen-bond acceptors (Lipinski definition) is 5. The fourth-order valence-electron chi connectivity index (χ4n) is 1.86. The lowest BCUT2D eigenvalue weighted by atomic mass is 10.1. The Morgan fingerprint density at radius 1 is 1.04 bits per heavy atom. The molecule has 0 aliphatic rings. The van der Waals surface area contributed by atoms with E-state index in [0.717, 1.165) is 0 Å². The highest BCUT2D eigenvalue weighted by Gasteiger charge is 2.06. The Balaban J connectivity index is 1.95. The van der Waals surface area contributed by atoms with E-state index >= 15 is 0 Å². The van der Waals surface area contributed by atoms with Gasteiger partial charge in [0.15, 0.2) is 0 Å². The number of carbonyl (C=O) groups excluding carboxylic acids is 2. The number of pyridine rings is 1. The molecule has 24 heavy (non-hydrogen) atoms. The zero-order valence-electron chi connectivity index (χ0n) is 13.3. The molecule has 0 aliphatic heterocycles. The first-order valence-electron chi connectivity index (χ1n) is 7.04. The van der Waals surface area contributed by atoms with Crippen LogP contribution in [0.2, 0.25) is 0 Å². The molecule has 2 amide bonds. The van der Waals surface area contributed by atoms with E-state index in [-0.39, 0.29) is 0 Å². The molecule has 1 aromatic carbocycles. The Morgan fingerprint density at radius 2 is 1.79 bits per heavy atom. The van der Waals surface area contributed by atoms with Crippen molar-refractivity contribution < 1.29 is 19.1 Å². The molecule has 0 radical (unpaired) electrons. The van der Waals surface area contributed by atoms with Gasteiger partial charge in [-0.1, -0.05) is 0 Å². The van der Waals surface area contributed by atoms with Crippen molar-refractivity contribution >= 4 is 17.9 Å². The lowest BCUT2D eigenvalue weighted by Crippen LogP contribution is -2.40. The summed E-state index contributed by atoms with van der Waals surface area (Å²) in [6, 6.07) is 8.31. The third-order valence-corrected chi connectivity index (χ3v) is 3.10. The van der Waals surface area contributed by atoms with Crippen LogP contribution in [0.4, 0.5) is 0 Å². The van der Waals surface area contributed by atoms with E-state index in [4.69, 9.17) is 9.47 Å². The molecule has 7 nitrogen and oxygen atoms in total. The average molecular weight is 327 g/mol. The zero-order valence-corrected chi connectivity index (χ0v) is 13.3. The topological polar surface area (TPSA) is 89.6 Å². The second-order valence-electron chi connectivity index (χ2n) is 4.62. The minimum absolute atomic E-state index is 0.395. The van der Waals surface area contributed by atoms with Crippen molar-refractivity contribution in [2.24, 2.45) is 0 Å². The Kier molecular flexibility index (Phi) is 5.90. The summed E-state index contributed by atoms with van der Waals surface area (Å²) in [5.41, 5.74) is 5.71. The van der Waals surface area contributed by atoms with E-state index in [1.165, 1.54) is 25.6 Å². The quantitative estimate of drug-likeness (QED) is 0.643. The summed E-state index contributed by atoms with van der Waals surface area (Å²) in [5.74, 6) is 0.314. The number of amides is 2. The summed E-state index contributed by atoms with van der Waals surface area (Å²) >= 11 is 0. The Hall–Kier alpha value is -3.35. The van der Waals surface area contributed by atoms with Crippen molar-refractivity contribution in [1.82, 2.24) is 15.8 Å². The first-order chi connectivity index (χ1) is 11.6. The second-order valence-corrected chi connectivity index (χ2v) is 4.62. The van der Waals surface area contributed by atoms with E-state index in [9.17, 15) is 9.59 Å². The molecule has 0 unspecified atom stereocenters. The molecule has 0 bridgehead atoms. The van der Waals surface area contributed by atoms with Crippen molar-refractivity contribution in [3.05, 3.63) is 59.9 Å². The van der Waals surface area contributed by atoms with Crippen molar-refractivity contribution in [1.29, 1.82) is 0 Å². The highest BCUT2D eigenvalue weighted by Crippen LogP contribution is 2.25. The van der Waals surface area contributed by atoms with Gasteiger partial charge in [0.25, 0.3) is 11.8 Å². The predicted molar refractivity (Wildman–Crippen MR) is 88.4 cm³/mol. The number of benzene rings is 1. The Labute approximate surface area is 139 Å². The molecule has 2 rings (SSSR count). The van der Waals surface area contributed by atoms with Crippen LogP contribution in [0.5, 0.6) is 11.5 Å². The van der Waals surface area contributed by atoms with E-state index in [2.05, 4.69) is 15.8 Å². The third-order valence-electron chi connectivity index (χ3n) is 3.10. The Morgan fingerprint density at radius 3 is 2.46 bits per heavy atom. The van der Waals surface area contributed by atoms with Crippen LogP contribution in [0.15, 0.2) is 48.8 Å². The molecule has 0 saturated carbocycles. The van der Waals surface area contributed by atoms with Gasteiger partial charge >= 0.3 is 0 Å². The van der Waals surface area contributed by atoms with E-state index < -0.39 is 11.8 Å². The molecule has 0 atom stereocenters. The van der Waals surface area contributed by atoms with Gasteiger partial charge in [-0.05, 0) is 30.3 Å². The largest absolute Gasteiger partial charge is 0.497 e. The van der Waals surface area contributed by atoms with Gasteiger partial charge in [-0.15, -0.1) is 0 Å². The van der Waals surface area contributed by atoms with Crippen molar-refractivity contribution in [3.8, 4) is 11.5 Å². The Bertz CT molecular complexity index is 745. The maximum Gasteiger partial charge on any atom is 0.269 e. The van der Waals surface area contributed by atoms with Gasteiger partial charge in [-0.25, -0.2) is 0 Å². The fourth-order valence-corrected chi connectivity index (χ4v) is 1.86. The number of aromatic nitrogens is 1. The van der Waals surface area contributed by atoms with Crippen LogP contribution < -0.4 is 20.3 Å². The number of nitrogens with zero attached hydrogens (tertiary/aromatic N) is 1. The molecule has 0 spiro atoms. The van der Waals surface area contributed by atoms with Gasteiger partial charge < -0.3 is 9.47 Å². The second kappa shape index (κ2) is 8.33. The number of carbonyl (C=O) groups is 2. The maximum absolute atomic E-state index is 11.8. The molecule has 124 valence electrons. The molecule has 0 aliphatic carbocycles. The monoisotopic (exact) mass is 327 g/mol. The smallest absolute Gasteiger partial charge is 0.269 e. The van der Waals surface area contributed by atoms with Crippen LogP contribution in [-0.2, 0) is 4.79 Å². The molecular weight excluding hydrogens is 310 g/mol. The van der Waals surface area contributed by atoms with Gasteiger partial charge in [-0.3, -0.25) is 25.4 Å². The average Bonchev–Trinajstić information content (AvgIpc) is 2.64. The third kappa shape index (κ3) is 4.57. The predicted octanol–water partition coefficient (Wildman–Crippen LogP) is 1.57. The molecule has 7 heteroatoms. The molecule has 0 saturated heterocycles. The molecular formula is C17H17N3O4. The lowest BCUT2D eigenvalue weighted by molar-refractivity contribution is -0.117. The van der Waals surface area contributed by atoms with Gasteiger partial charge in [-0.2, -0.15) is 0 Å². The molecule has 2 aromatic rings. The van der Waals surface area contributed by atoms with Crippen LogP contribution in [0, 0.1) is 0 Å². The summed E-state index contributed by atoms with van der Waals surface area (Å²) in [6.07, 6.45) is 5.85. The first-order valence-corrected chi connectivity index (χ1v) is 7.04. The molecule has 2 N–H and O–H groups in total. The summed E-state index contributed by atoms with van der Waals surface area (Å²) in [7, 11) is 3.09. The maximum atomic E-state index is 11.8. The van der Waals surface area contributed by atoms with Crippen molar-refractivity contribution in [2.45, 2.75) is 0 Å². The SMILES string of the molecule is COc1ccc(/C=C/C(=O)NNC(=O)c2ccncc2)c(OC)c1. The first kappa shape index (κ1) is 17.0. The molecule has 1 heterocycles. The summed E-state index contributed by atoms with van der Waals surface area (Å²) < 4.78 is 10.3. The van der Waals surface area contributed by atoms with Gasteiger partial charge in [0.2, 0.25) is 0 Å². The highest BCUT2D eigenvalue weighted by atomic mass is 16.5. The summed E-state index contributed by atoms with van der Waals surface area (Å²) in [6.45, 7) is 0. The van der Waals surface area contributed by atoms with Gasteiger partial charge in [0.05, 0.1) is 14.2 Å².